The third-order valence-electron chi connectivity index (χ3n) is 8.00. The van der Waals surface area contributed by atoms with Crippen molar-refractivity contribution in [1.82, 2.24) is 19.8 Å². The highest BCUT2D eigenvalue weighted by atomic mass is 32.2. The van der Waals surface area contributed by atoms with Crippen molar-refractivity contribution in [2.24, 2.45) is 5.92 Å². The number of hydrogen-bond acceptors (Lipinski definition) is 8. The number of morpholine rings is 1. The molecule has 0 bridgehead atoms. The van der Waals surface area contributed by atoms with Crippen LogP contribution in [0, 0.1) is 11.7 Å². The highest BCUT2D eigenvalue weighted by Crippen LogP contribution is 2.28. The Bertz CT molecular complexity index is 1540. The van der Waals surface area contributed by atoms with Crippen molar-refractivity contribution in [3.8, 4) is 17.1 Å². The van der Waals surface area contributed by atoms with E-state index in [0.717, 1.165) is 30.5 Å². The summed E-state index contributed by atoms with van der Waals surface area (Å²) in [5.41, 5.74) is 2.73. The first kappa shape index (κ1) is 36.1. The molecule has 1 aromatic heterocycles. The minimum atomic E-state index is -1.09. The lowest BCUT2D eigenvalue weighted by Crippen LogP contribution is -2.38. The van der Waals surface area contributed by atoms with E-state index in [1.807, 2.05) is 27.7 Å². The van der Waals surface area contributed by atoms with Gasteiger partial charge in [-0.15, -0.1) is 0 Å². The number of aromatic carboxylic acids is 1. The molecular weight excluding hydrogens is 623 g/mol. The Morgan fingerprint density at radius 1 is 1.13 bits per heavy atom. The van der Waals surface area contributed by atoms with Crippen molar-refractivity contribution in [2.45, 2.75) is 65.3 Å². The van der Waals surface area contributed by atoms with Gasteiger partial charge in [-0.3, -0.25) is 19.1 Å². The Hall–Kier alpha value is -3.74. The van der Waals surface area contributed by atoms with E-state index >= 15 is 4.39 Å². The summed E-state index contributed by atoms with van der Waals surface area (Å²) in [7, 11) is 0. The molecule has 2 aromatic carbocycles. The van der Waals surface area contributed by atoms with Crippen LogP contribution >= 0.6 is 11.8 Å². The molecule has 10 nitrogen and oxygen atoms in total. The molecule has 47 heavy (non-hydrogen) atoms. The quantitative estimate of drug-likeness (QED) is 0.206. The van der Waals surface area contributed by atoms with Crippen LogP contribution in [-0.4, -0.2) is 81.3 Å². The summed E-state index contributed by atoms with van der Waals surface area (Å²) < 4.78 is 28.6. The first-order valence-electron chi connectivity index (χ1n) is 16.2. The number of ether oxygens (including phenoxy) is 2. The molecule has 254 valence electrons. The molecule has 1 amide bonds. The fraction of sp³-hybridized carbons (Fsp3) is 0.486. The maximum atomic E-state index is 15.6. The Labute approximate surface area is 280 Å². The molecule has 3 aromatic rings. The minimum Gasteiger partial charge on any atom is -0.478 e. The molecule has 0 spiro atoms. The van der Waals surface area contributed by atoms with Crippen molar-refractivity contribution in [1.29, 1.82) is 0 Å². The summed E-state index contributed by atoms with van der Waals surface area (Å²) in [4.78, 5) is 45.0. The zero-order chi connectivity index (χ0) is 33.9. The van der Waals surface area contributed by atoms with Gasteiger partial charge in [-0.2, -0.15) is 4.98 Å². The number of carboxylic acid groups (broad SMARTS) is 1. The van der Waals surface area contributed by atoms with Crippen LogP contribution in [0.15, 0.2) is 42.5 Å². The maximum absolute atomic E-state index is 15.6. The van der Waals surface area contributed by atoms with Gasteiger partial charge in [0.15, 0.2) is 5.12 Å². The molecule has 12 heteroatoms. The van der Waals surface area contributed by atoms with Crippen LogP contribution < -0.4 is 10.1 Å². The van der Waals surface area contributed by atoms with E-state index in [1.54, 1.807) is 34.9 Å². The molecule has 2 N–H and O–H groups in total. The third kappa shape index (κ3) is 9.88. The number of aromatic nitrogens is 2. The number of nitrogens with one attached hydrogen (secondary N) is 1. The van der Waals surface area contributed by atoms with Crippen LogP contribution in [0.3, 0.4) is 0 Å². The standard InChI is InChI=1S/C35H45FN4O6S/c1-5-29-30(21-37-33(42)31(19-23(3)4)47-32(41)13-14-39-15-17-45-18-16-39)40(35(38-29)46-6-2)22-25-12-11-24(20-28(25)36)26-9-7-8-10-27(26)34(43)44/h7-12,20,23,31H,5-6,13-19,21-22H2,1-4H3,(H,37,42)(H,43,44)/t31-/m0/s1. The van der Waals surface area contributed by atoms with Gasteiger partial charge in [0, 0.05) is 31.6 Å². The predicted molar refractivity (Wildman–Crippen MR) is 180 cm³/mol. The zero-order valence-corrected chi connectivity index (χ0v) is 28.4. The molecule has 0 saturated carbocycles. The fourth-order valence-corrected chi connectivity index (χ4v) is 6.74. The summed E-state index contributed by atoms with van der Waals surface area (Å²) >= 11 is 1.10. The summed E-state index contributed by atoms with van der Waals surface area (Å²) in [5, 5.41) is 12.1. The number of imidazole rings is 1. The molecule has 1 saturated heterocycles. The average Bonchev–Trinajstić information content (AvgIpc) is 3.39. The number of rotatable bonds is 16. The molecule has 1 aliphatic heterocycles. The molecule has 0 unspecified atom stereocenters. The smallest absolute Gasteiger partial charge is 0.336 e. The molecular formula is C35H45FN4O6S. The van der Waals surface area contributed by atoms with Gasteiger partial charge in [-0.25, -0.2) is 9.18 Å². The van der Waals surface area contributed by atoms with Crippen molar-refractivity contribution < 1.29 is 33.4 Å². The predicted octanol–water partition coefficient (Wildman–Crippen LogP) is 5.41. The maximum Gasteiger partial charge on any atom is 0.336 e. The van der Waals surface area contributed by atoms with Crippen LogP contribution in [0.25, 0.3) is 11.1 Å². The Balaban J connectivity index is 1.52. The summed E-state index contributed by atoms with van der Waals surface area (Å²) in [6.07, 6.45) is 1.48. The monoisotopic (exact) mass is 668 g/mol. The molecule has 0 radical (unpaired) electrons. The Kier molecular flexibility index (Phi) is 13.4. The van der Waals surface area contributed by atoms with Crippen molar-refractivity contribution >= 4 is 28.8 Å². The second kappa shape index (κ2) is 17.4. The number of aryl methyl sites for hydroxylation is 1. The van der Waals surface area contributed by atoms with Crippen LogP contribution in [-0.2, 0) is 33.8 Å². The van der Waals surface area contributed by atoms with E-state index in [0.29, 0.717) is 74.0 Å². The minimum absolute atomic E-state index is 0.0138. The normalized spacial score (nSPS) is 14.3. The number of carboxylic acids is 1. The van der Waals surface area contributed by atoms with E-state index < -0.39 is 17.0 Å². The second-order valence-electron chi connectivity index (χ2n) is 11.8. The molecule has 1 aliphatic rings. The van der Waals surface area contributed by atoms with E-state index in [2.05, 4.69) is 15.2 Å². The largest absolute Gasteiger partial charge is 0.478 e. The number of benzene rings is 2. The highest BCUT2D eigenvalue weighted by molar-refractivity contribution is 8.14. The summed E-state index contributed by atoms with van der Waals surface area (Å²) in [6.45, 7) is 12.0. The first-order valence-corrected chi connectivity index (χ1v) is 17.1. The summed E-state index contributed by atoms with van der Waals surface area (Å²) in [6, 6.07) is 11.5. The average molecular weight is 669 g/mol. The van der Waals surface area contributed by atoms with Gasteiger partial charge < -0.3 is 19.9 Å². The number of halogens is 1. The number of nitrogens with zero attached hydrogens (tertiary/aromatic N) is 3. The third-order valence-corrected chi connectivity index (χ3v) is 9.15. The van der Waals surface area contributed by atoms with Gasteiger partial charge in [-0.05, 0) is 48.9 Å². The van der Waals surface area contributed by atoms with Crippen molar-refractivity contribution in [3.63, 3.8) is 0 Å². The van der Waals surface area contributed by atoms with Gasteiger partial charge in [0.25, 0.3) is 6.01 Å². The van der Waals surface area contributed by atoms with Crippen LogP contribution in [0.5, 0.6) is 6.01 Å². The summed E-state index contributed by atoms with van der Waals surface area (Å²) in [5.74, 6) is -1.62. The zero-order valence-electron chi connectivity index (χ0n) is 27.6. The highest BCUT2D eigenvalue weighted by Gasteiger charge is 2.26. The van der Waals surface area contributed by atoms with Crippen molar-refractivity contribution in [3.05, 3.63) is 70.8 Å². The van der Waals surface area contributed by atoms with E-state index in [9.17, 15) is 19.5 Å². The van der Waals surface area contributed by atoms with Gasteiger partial charge in [0.2, 0.25) is 5.91 Å². The van der Waals surface area contributed by atoms with Gasteiger partial charge in [-0.1, -0.05) is 62.9 Å². The number of thioether (sulfide) groups is 1. The molecule has 2 heterocycles. The fourth-order valence-electron chi connectivity index (χ4n) is 5.54. The van der Waals surface area contributed by atoms with E-state index in [-0.39, 0.29) is 35.6 Å². The number of hydrogen-bond donors (Lipinski definition) is 2. The lowest BCUT2D eigenvalue weighted by Gasteiger charge is -2.26. The lowest BCUT2D eigenvalue weighted by atomic mass is 9.98. The number of carbonyl (C=O) groups excluding carboxylic acids is 2. The van der Waals surface area contributed by atoms with Gasteiger partial charge in [0.05, 0.1) is 55.1 Å². The molecule has 1 atom stereocenters. The molecule has 0 aliphatic carbocycles. The van der Waals surface area contributed by atoms with Gasteiger partial charge >= 0.3 is 5.97 Å². The SMILES string of the molecule is CCOc1nc(CC)c(CNC(=O)[C@H](CC(C)C)SC(=O)CCN2CCOCC2)n1Cc1ccc(-c2ccccc2C(=O)O)cc1F. The van der Waals surface area contributed by atoms with Crippen LogP contribution in [0.4, 0.5) is 4.39 Å². The first-order chi connectivity index (χ1) is 22.6. The Morgan fingerprint density at radius 3 is 2.53 bits per heavy atom. The van der Waals surface area contributed by atoms with Crippen molar-refractivity contribution in [2.75, 3.05) is 39.5 Å². The second-order valence-corrected chi connectivity index (χ2v) is 13.1. The number of amides is 1. The lowest BCUT2D eigenvalue weighted by molar-refractivity contribution is -0.121. The molecule has 4 rings (SSSR count). The van der Waals surface area contributed by atoms with E-state index in [4.69, 9.17) is 9.47 Å². The van der Waals surface area contributed by atoms with Gasteiger partial charge in [0.1, 0.15) is 5.82 Å². The number of carbonyl (C=O) groups is 3. The Morgan fingerprint density at radius 2 is 1.87 bits per heavy atom. The van der Waals surface area contributed by atoms with Crippen LogP contribution in [0.1, 0.15) is 67.8 Å². The van der Waals surface area contributed by atoms with Crippen LogP contribution in [0.2, 0.25) is 0 Å². The molecule has 1 fully saturated rings. The van der Waals surface area contributed by atoms with E-state index in [1.165, 1.54) is 12.1 Å². The topological polar surface area (TPSA) is 123 Å².